The summed E-state index contributed by atoms with van der Waals surface area (Å²) in [7, 11) is 5.30. The summed E-state index contributed by atoms with van der Waals surface area (Å²) in [6, 6.07) is 13.2. The van der Waals surface area contributed by atoms with Crippen LogP contribution in [0, 0.1) is 79.8 Å². The fourth-order valence-corrected chi connectivity index (χ4v) is 11.4. The van der Waals surface area contributed by atoms with E-state index >= 15 is 0 Å². The number of nitrogens with one attached hydrogen (secondary N) is 2. The average molecular weight is 1540 g/mol. The monoisotopic (exact) mass is 1540 g/mol. The maximum atomic E-state index is 12.2. The van der Waals surface area contributed by atoms with Gasteiger partial charge in [-0.25, -0.2) is 19.2 Å². The van der Waals surface area contributed by atoms with E-state index in [1.54, 1.807) is 83.1 Å². The van der Waals surface area contributed by atoms with Crippen molar-refractivity contribution in [3.05, 3.63) is 0 Å². The molecule has 4 saturated carbocycles. The Bertz CT molecular complexity index is 3100. The summed E-state index contributed by atoms with van der Waals surface area (Å²) in [5.41, 5.74) is -10.5. The van der Waals surface area contributed by atoms with E-state index in [1.807, 2.05) is 41.5 Å². The van der Waals surface area contributed by atoms with Crippen LogP contribution in [-0.4, -0.2) is 144 Å². The highest BCUT2D eigenvalue weighted by molar-refractivity contribution is 5.87. The third-order valence-electron chi connectivity index (χ3n) is 19.3. The average Bonchev–Trinajstić information content (AvgIpc) is 0.796. The molecule has 0 radical (unpaired) electrons. The Morgan fingerprint density at radius 3 is 0.836 bits per heavy atom. The van der Waals surface area contributed by atoms with Gasteiger partial charge in [-0.2, -0.15) is 92.9 Å². The number of unbranched alkanes of at least 4 members (excludes halogenated alkanes) is 2. The second-order valence-electron chi connectivity index (χ2n) is 32.7. The molecule has 30 heteroatoms. The van der Waals surface area contributed by atoms with Gasteiger partial charge in [-0.15, -0.1) is 0 Å². The molecule has 110 heavy (non-hydrogen) atoms. The van der Waals surface area contributed by atoms with Crippen molar-refractivity contribution < 1.29 is 47.7 Å². The fourth-order valence-electron chi connectivity index (χ4n) is 11.4. The summed E-state index contributed by atoms with van der Waals surface area (Å²) in [6.45, 7) is 37.3. The summed E-state index contributed by atoms with van der Waals surface area (Å²) < 4.78 is 19.0. The molecule has 0 bridgehead atoms. The number of azo groups is 6. The van der Waals surface area contributed by atoms with Crippen molar-refractivity contribution in [2.45, 2.75) is 385 Å². The quantitative estimate of drug-likeness (QED) is 0.0292. The maximum Gasteiger partial charge on any atom is 0.335 e. The molecule has 0 aromatic rings. The van der Waals surface area contributed by atoms with Crippen molar-refractivity contribution in [2.24, 2.45) is 73.2 Å². The van der Waals surface area contributed by atoms with Crippen LogP contribution >= 0.6 is 0 Å². The first kappa shape index (κ1) is 103. The minimum absolute atomic E-state index is 0.174. The van der Waals surface area contributed by atoms with Gasteiger partial charge in [0.25, 0.3) is 0 Å². The summed E-state index contributed by atoms with van der Waals surface area (Å²) in [6.07, 6.45) is 24.6. The van der Waals surface area contributed by atoms with E-state index in [1.165, 1.54) is 41.3 Å². The van der Waals surface area contributed by atoms with E-state index in [0.29, 0.717) is 76.3 Å². The zero-order chi connectivity index (χ0) is 84.8. The van der Waals surface area contributed by atoms with Crippen molar-refractivity contribution in [2.75, 3.05) is 41.5 Å². The van der Waals surface area contributed by atoms with Gasteiger partial charge >= 0.3 is 23.9 Å². The Kier molecular flexibility index (Phi) is 46.6. The number of carbonyl (C=O) groups is 6. The van der Waals surface area contributed by atoms with Crippen molar-refractivity contribution in [3.63, 3.8) is 0 Å². The maximum absolute atomic E-state index is 12.2. The fraction of sp³-hybridized carbons (Fsp3) is 0.850. The minimum Gasteiger partial charge on any atom is -0.467 e. The number of hydrogen-bond acceptors (Lipinski definition) is 28. The molecular weight excluding hydrogens is 1400 g/mol. The molecule has 2 N–H and O–H groups in total. The largest absolute Gasteiger partial charge is 0.467 e. The van der Waals surface area contributed by atoms with Gasteiger partial charge < -0.3 is 29.6 Å². The predicted octanol–water partition coefficient (Wildman–Crippen LogP) is 18.2. The Morgan fingerprint density at radius 2 is 0.618 bits per heavy atom. The third-order valence-corrected chi connectivity index (χ3v) is 19.3. The summed E-state index contributed by atoms with van der Waals surface area (Å²) in [5.74, 6) is -1.33. The van der Waals surface area contributed by atoms with Crippen molar-refractivity contribution >= 4 is 35.7 Å². The summed E-state index contributed by atoms with van der Waals surface area (Å²) >= 11 is 0. The molecule has 0 heterocycles. The lowest BCUT2D eigenvalue weighted by Crippen LogP contribution is -2.43. The van der Waals surface area contributed by atoms with Crippen LogP contribution in [-0.2, 0) is 47.7 Å². The smallest absolute Gasteiger partial charge is 0.335 e. The van der Waals surface area contributed by atoms with Crippen LogP contribution < -0.4 is 10.6 Å². The number of esters is 4. The van der Waals surface area contributed by atoms with Gasteiger partial charge in [0.15, 0.2) is 66.5 Å². The Morgan fingerprint density at radius 1 is 0.364 bits per heavy atom. The topological polar surface area (TPSA) is 454 Å². The van der Waals surface area contributed by atoms with Gasteiger partial charge in [0.1, 0.15) is 0 Å². The highest BCUT2D eigenvalue weighted by Crippen LogP contribution is 2.40. The zero-order valence-electron chi connectivity index (χ0n) is 71.5. The van der Waals surface area contributed by atoms with Crippen molar-refractivity contribution in [3.8, 4) is 36.4 Å². The molecule has 0 saturated heterocycles. The lowest BCUT2D eigenvalue weighted by Gasteiger charge is -2.33. The molecule has 0 aliphatic heterocycles. The van der Waals surface area contributed by atoms with E-state index in [2.05, 4.69) is 132 Å². The number of ether oxygens (including phenoxy) is 4. The Balaban J connectivity index is 0. The molecule has 30 nitrogen and oxygen atoms in total. The number of rotatable bonds is 30. The number of amides is 2. The Hall–Kier alpha value is -8.64. The highest BCUT2D eigenvalue weighted by Gasteiger charge is 2.46. The van der Waals surface area contributed by atoms with E-state index in [4.69, 9.17) is 20.0 Å². The Labute approximate surface area is 658 Å². The van der Waals surface area contributed by atoms with Crippen LogP contribution in [0.3, 0.4) is 0 Å². The van der Waals surface area contributed by atoms with Gasteiger partial charge in [-0.1, -0.05) is 120 Å². The highest BCUT2D eigenvalue weighted by atomic mass is 16.5. The van der Waals surface area contributed by atoms with Crippen LogP contribution in [0.4, 0.5) is 0 Å². The normalized spacial score (nSPS) is 18.9. The molecule has 4 unspecified atom stereocenters. The lowest BCUT2D eigenvalue weighted by atomic mass is 9.81. The van der Waals surface area contributed by atoms with Crippen molar-refractivity contribution in [1.82, 2.24) is 10.6 Å². The van der Waals surface area contributed by atoms with Crippen molar-refractivity contribution in [1.29, 1.82) is 31.6 Å². The molecule has 0 spiro atoms. The van der Waals surface area contributed by atoms with Gasteiger partial charge in [-0.3, -0.25) is 9.59 Å². The van der Waals surface area contributed by atoms with E-state index in [9.17, 15) is 49.8 Å². The summed E-state index contributed by atoms with van der Waals surface area (Å²) in [5, 5.41) is 110. The SMILES string of the molecule is CC(C)CC(C)(C#N)N=NC(C)(C#N)CC(C)C.CCC(C)(C#N)N=NC(C)(C#N)CC.CCCCNC(=O)C(C)(C)N=NC(C)(C)C(=O)NCCCC.COC(=O)C(C)(C)N=NC(C)(C)C(=O)OC.COC(=O)C1(N=NC2(C(=O)OC)CCCCC2)CCCCC1.N#CC1(N=NC2(C#N)CCCCC2)CCCCC1. The molecule has 4 aliphatic carbocycles. The van der Waals surface area contributed by atoms with E-state index < -0.39 is 78.4 Å². The molecule has 4 fully saturated rings. The molecule has 0 aromatic carbocycles. The van der Waals surface area contributed by atoms with Crippen LogP contribution in [0.2, 0.25) is 0 Å². The number of nitrogens with zero attached hydrogens (tertiary/aromatic N) is 18. The standard InChI is InChI=1S/C16H32N4O2.C16H26N2O4.C14H20N4.C14H24N4.C10H16N4.C10H18N2O4/c1-7-9-11-17-13(21)15(3,4)19-20-16(5,6)14(22)18-12-10-8-2;1-21-13(19)15(9-5-3-6-10-15)17-18-16(14(20)22-2)11-7-4-8-12-16;15-11-13(7-3-1-4-8-13)17-18-14(12-16)9-5-2-6-10-14;1-11(2)7-13(5,9-15)17-18-14(6,10-16)8-12(3)4;1-5-9(3,7-11)13-14-10(4,6-2)8-12;1-9(2,7(13)15-5)11-12-10(3,4)8(14)16-6/h7-12H2,1-6H3,(H,17,21)(H,18,22);3-12H2,1-2H3;1-10H2;11-12H,7-8H2,1-6H3;5-6H2,1-4H3;1-6H3. The molecule has 616 valence electrons. The lowest BCUT2D eigenvalue weighted by molar-refractivity contribution is -0.151. The minimum atomic E-state index is -1.11. The molecule has 0 aromatic heterocycles. The number of hydrogen-bond donors (Lipinski definition) is 2. The number of nitriles is 6. The molecule has 2 amide bonds. The van der Waals surface area contributed by atoms with Gasteiger partial charge in [-0.05, 0) is 210 Å². The van der Waals surface area contributed by atoms with Crippen LogP contribution in [0.15, 0.2) is 61.4 Å². The van der Waals surface area contributed by atoms with Crippen LogP contribution in [0.25, 0.3) is 0 Å². The number of methoxy groups -OCH3 is 4. The third kappa shape index (κ3) is 36.9. The van der Waals surface area contributed by atoms with Gasteiger partial charge in [0.2, 0.25) is 11.8 Å². The van der Waals surface area contributed by atoms with Crippen LogP contribution in [0.1, 0.15) is 318 Å². The first-order valence-corrected chi connectivity index (χ1v) is 39.3. The zero-order valence-corrected chi connectivity index (χ0v) is 71.5. The first-order chi connectivity index (χ1) is 51.3. The molecule has 4 aliphatic rings. The number of carbonyl (C=O) groups excluding carboxylic acids is 6. The van der Waals surface area contributed by atoms with Gasteiger partial charge in [0, 0.05) is 13.1 Å². The first-order valence-electron chi connectivity index (χ1n) is 39.3. The van der Waals surface area contributed by atoms with Crippen LogP contribution in [0.5, 0.6) is 0 Å². The molecule has 4 rings (SSSR count). The summed E-state index contributed by atoms with van der Waals surface area (Å²) in [4.78, 5) is 71.2. The molecule has 4 atom stereocenters. The second kappa shape index (κ2) is 49.6. The second-order valence-corrected chi connectivity index (χ2v) is 32.7. The van der Waals surface area contributed by atoms with E-state index in [-0.39, 0.29) is 23.8 Å². The molecular formula is C80H136N20O10. The van der Waals surface area contributed by atoms with Gasteiger partial charge in [0.05, 0.1) is 64.9 Å². The predicted molar refractivity (Wildman–Crippen MR) is 419 cm³/mol. The van der Waals surface area contributed by atoms with E-state index in [0.717, 1.165) is 116 Å².